The predicted molar refractivity (Wildman–Crippen MR) is 96.0 cm³/mol. The number of para-hydroxylation sites is 1. The molecule has 1 aromatic carbocycles. The molecule has 0 fully saturated rings. The first-order chi connectivity index (χ1) is 12.5. The highest BCUT2D eigenvalue weighted by atomic mass is 16.5. The Labute approximate surface area is 150 Å². The van der Waals surface area contributed by atoms with Crippen molar-refractivity contribution in [3.63, 3.8) is 0 Å². The largest absolute Gasteiger partial charge is 0.454 e. The first kappa shape index (κ1) is 17.8. The molecule has 0 aliphatic carbocycles. The monoisotopic (exact) mass is 355 g/mol. The van der Waals surface area contributed by atoms with E-state index in [0.717, 1.165) is 17.3 Å². The fraction of sp³-hybridized carbons (Fsp3) is 0.263. The number of carbonyl (C=O) groups excluding carboxylic acids is 2. The van der Waals surface area contributed by atoms with Crippen molar-refractivity contribution in [2.75, 3.05) is 0 Å². The number of hydrogen-bond donors (Lipinski definition) is 3. The third kappa shape index (κ3) is 3.34. The van der Waals surface area contributed by atoms with Crippen LogP contribution in [0.1, 0.15) is 52.6 Å². The SMILES string of the molecule is CCC[C@H](NC(=O)c1cc2ccccc2n1C)c1ccc(C(=O)NO)o1. The summed E-state index contributed by atoms with van der Waals surface area (Å²) in [6.07, 6.45) is 1.48. The predicted octanol–water partition coefficient (Wildman–Crippen LogP) is 3.16. The minimum absolute atomic E-state index is 0.0116. The Bertz CT molecular complexity index is 941. The molecule has 26 heavy (non-hydrogen) atoms. The molecule has 0 unspecified atom stereocenters. The number of hydroxylamine groups is 1. The topological polar surface area (TPSA) is 96.5 Å². The molecule has 136 valence electrons. The Hall–Kier alpha value is -3.06. The van der Waals surface area contributed by atoms with Gasteiger partial charge in [-0.15, -0.1) is 0 Å². The first-order valence-corrected chi connectivity index (χ1v) is 8.44. The maximum atomic E-state index is 12.8. The van der Waals surface area contributed by atoms with Crippen LogP contribution in [0, 0.1) is 0 Å². The van der Waals surface area contributed by atoms with Crippen molar-refractivity contribution in [2.45, 2.75) is 25.8 Å². The van der Waals surface area contributed by atoms with Crippen LogP contribution in [0.15, 0.2) is 46.9 Å². The molecule has 7 nitrogen and oxygen atoms in total. The normalized spacial score (nSPS) is 12.1. The summed E-state index contributed by atoms with van der Waals surface area (Å²) in [5, 5.41) is 12.7. The highest BCUT2D eigenvalue weighted by Gasteiger charge is 2.22. The molecular formula is C19H21N3O4. The van der Waals surface area contributed by atoms with E-state index in [2.05, 4.69) is 5.32 Å². The van der Waals surface area contributed by atoms with Gasteiger partial charge in [0.1, 0.15) is 11.5 Å². The molecule has 0 bridgehead atoms. The van der Waals surface area contributed by atoms with E-state index in [1.54, 1.807) is 6.07 Å². The number of furan rings is 1. The second kappa shape index (κ2) is 7.45. The average Bonchev–Trinajstić information content (AvgIpc) is 3.26. The quantitative estimate of drug-likeness (QED) is 0.467. The Balaban J connectivity index is 1.85. The molecule has 3 N–H and O–H groups in total. The van der Waals surface area contributed by atoms with Gasteiger partial charge in [0.2, 0.25) is 0 Å². The molecule has 0 saturated heterocycles. The first-order valence-electron chi connectivity index (χ1n) is 8.44. The van der Waals surface area contributed by atoms with Gasteiger partial charge in [0, 0.05) is 18.0 Å². The Kier molecular flexibility index (Phi) is 5.09. The van der Waals surface area contributed by atoms with E-state index in [-0.39, 0.29) is 17.7 Å². The number of hydrogen-bond acceptors (Lipinski definition) is 4. The van der Waals surface area contributed by atoms with Crippen LogP contribution in [-0.4, -0.2) is 21.6 Å². The maximum absolute atomic E-state index is 12.8. The molecule has 0 saturated carbocycles. The lowest BCUT2D eigenvalue weighted by atomic mass is 10.1. The Morgan fingerprint density at radius 2 is 1.96 bits per heavy atom. The summed E-state index contributed by atoms with van der Waals surface area (Å²) >= 11 is 0. The zero-order valence-corrected chi connectivity index (χ0v) is 14.7. The van der Waals surface area contributed by atoms with Gasteiger partial charge in [0.25, 0.3) is 5.91 Å². The fourth-order valence-corrected chi connectivity index (χ4v) is 3.03. The van der Waals surface area contributed by atoms with Crippen LogP contribution in [0.2, 0.25) is 0 Å². The summed E-state index contributed by atoms with van der Waals surface area (Å²) in [6, 6.07) is 12.4. The lowest BCUT2D eigenvalue weighted by Gasteiger charge is -2.16. The molecule has 0 aliphatic rings. The number of fused-ring (bicyclic) bond motifs is 1. The number of aromatic nitrogens is 1. The second-order valence-electron chi connectivity index (χ2n) is 6.11. The Morgan fingerprint density at radius 3 is 2.65 bits per heavy atom. The standard InChI is InChI=1S/C19H21N3O4/c1-3-6-13(16-9-10-17(26-16)19(24)21-25)20-18(23)15-11-12-7-4-5-8-14(12)22(15)2/h4-5,7-11,13,25H,3,6H2,1-2H3,(H,20,23)(H,21,24)/t13-/m0/s1. The van der Waals surface area contributed by atoms with E-state index in [1.807, 2.05) is 48.9 Å². The van der Waals surface area contributed by atoms with Crippen molar-refractivity contribution in [2.24, 2.45) is 7.05 Å². The summed E-state index contributed by atoms with van der Waals surface area (Å²) in [5.74, 6) is -0.488. The number of nitrogens with zero attached hydrogens (tertiary/aromatic N) is 1. The van der Waals surface area contributed by atoms with Crippen LogP contribution in [-0.2, 0) is 7.05 Å². The summed E-state index contributed by atoms with van der Waals surface area (Å²) in [4.78, 5) is 24.2. The minimum atomic E-state index is -0.730. The third-order valence-electron chi connectivity index (χ3n) is 4.36. The van der Waals surface area contributed by atoms with E-state index in [1.165, 1.54) is 11.5 Å². The van der Waals surface area contributed by atoms with Crippen LogP contribution in [0.3, 0.4) is 0 Å². The van der Waals surface area contributed by atoms with Gasteiger partial charge in [-0.3, -0.25) is 14.8 Å². The molecule has 3 rings (SSSR count). The van der Waals surface area contributed by atoms with Crippen molar-refractivity contribution in [3.05, 3.63) is 59.7 Å². The van der Waals surface area contributed by atoms with E-state index in [9.17, 15) is 9.59 Å². The van der Waals surface area contributed by atoms with E-state index < -0.39 is 5.91 Å². The molecule has 0 aliphatic heterocycles. The van der Waals surface area contributed by atoms with Crippen LogP contribution in [0.5, 0.6) is 0 Å². The molecule has 2 heterocycles. The van der Waals surface area contributed by atoms with E-state index in [0.29, 0.717) is 17.9 Å². The van der Waals surface area contributed by atoms with Crippen molar-refractivity contribution in [3.8, 4) is 0 Å². The molecule has 3 aromatic rings. The Morgan fingerprint density at radius 1 is 1.19 bits per heavy atom. The minimum Gasteiger partial charge on any atom is -0.454 e. The number of nitrogens with one attached hydrogen (secondary N) is 2. The molecule has 0 spiro atoms. The van der Waals surface area contributed by atoms with Crippen LogP contribution in [0.4, 0.5) is 0 Å². The third-order valence-corrected chi connectivity index (χ3v) is 4.36. The highest BCUT2D eigenvalue weighted by molar-refractivity contribution is 5.98. The molecule has 7 heteroatoms. The number of amides is 2. The zero-order valence-electron chi connectivity index (χ0n) is 14.7. The number of benzene rings is 1. The zero-order chi connectivity index (χ0) is 18.7. The van der Waals surface area contributed by atoms with Crippen molar-refractivity contribution in [1.29, 1.82) is 0 Å². The summed E-state index contributed by atoms with van der Waals surface area (Å²) in [5.41, 5.74) is 3.06. The molecular weight excluding hydrogens is 334 g/mol. The molecule has 1 atom stereocenters. The fourth-order valence-electron chi connectivity index (χ4n) is 3.03. The smallest absolute Gasteiger partial charge is 0.310 e. The van der Waals surface area contributed by atoms with Gasteiger partial charge < -0.3 is 14.3 Å². The van der Waals surface area contributed by atoms with Gasteiger partial charge >= 0.3 is 5.91 Å². The lowest BCUT2D eigenvalue weighted by Crippen LogP contribution is -2.29. The van der Waals surface area contributed by atoms with Crippen LogP contribution in [0.25, 0.3) is 10.9 Å². The van der Waals surface area contributed by atoms with Gasteiger partial charge in [-0.2, -0.15) is 0 Å². The average molecular weight is 355 g/mol. The van der Waals surface area contributed by atoms with Gasteiger partial charge in [-0.05, 0) is 30.7 Å². The van der Waals surface area contributed by atoms with Gasteiger partial charge in [0.15, 0.2) is 5.76 Å². The molecule has 2 aromatic heterocycles. The lowest BCUT2D eigenvalue weighted by molar-refractivity contribution is 0.0673. The maximum Gasteiger partial charge on any atom is 0.310 e. The molecule has 2 amide bonds. The number of rotatable bonds is 6. The molecule has 0 radical (unpaired) electrons. The van der Waals surface area contributed by atoms with E-state index in [4.69, 9.17) is 9.62 Å². The number of carbonyl (C=O) groups is 2. The van der Waals surface area contributed by atoms with Gasteiger partial charge in [-0.25, -0.2) is 5.48 Å². The highest BCUT2D eigenvalue weighted by Crippen LogP contribution is 2.23. The van der Waals surface area contributed by atoms with Crippen LogP contribution < -0.4 is 10.8 Å². The summed E-state index contributed by atoms with van der Waals surface area (Å²) in [6.45, 7) is 2.00. The van der Waals surface area contributed by atoms with E-state index >= 15 is 0 Å². The van der Waals surface area contributed by atoms with Crippen LogP contribution >= 0.6 is 0 Å². The second-order valence-corrected chi connectivity index (χ2v) is 6.11. The van der Waals surface area contributed by atoms with Crippen molar-refractivity contribution < 1.29 is 19.2 Å². The van der Waals surface area contributed by atoms with Gasteiger partial charge in [-0.1, -0.05) is 31.5 Å². The van der Waals surface area contributed by atoms with Gasteiger partial charge in [0.05, 0.1) is 6.04 Å². The van der Waals surface area contributed by atoms with Crippen molar-refractivity contribution >= 4 is 22.7 Å². The van der Waals surface area contributed by atoms with Crippen molar-refractivity contribution in [1.82, 2.24) is 15.4 Å². The summed E-state index contributed by atoms with van der Waals surface area (Å²) in [7, 11) is 1.85. The number of aryl methyl sites for hydroxylation is 1. The summed E-state index contributed by atoms with van der Waals surface area (Å²) < 4.78 is 7.33.